The third-order valence-electron chi connectivity index (χ3n) is 4.83. The highest BCUT2D eigenvalue weighted by Gasteiger charge is 2.05. The molecule has 0 atom stereocenters. The lowest BCUT2D eigenvalue weighted by atomic mass is 10.1. The number of aromatic nitrogens is 2. The molecule has 0 aliphatic heterocycles. The van der Waals surface area contributed by atoms with Crippen molar-refractivity contribution in [3.8, 4) is 0 Å². The summed E-state index contributed by atoms with van der Waals surface area (Å²) in [5.74, 6) is 0.667. The summed E-state index contributed by atoms with van der Waals surface area (Å²) in [4.78, 5) is 16.9. The predicted molar refractivity (Wildman–Crippen MR) is 145 cm³/mol. The molecular weight excluding hydrogens is 527 g/mol. The van der Waals surface area contributed by atoms with Crippen LogP contribution in [0, 0.1) is 13.8 Å². The second-order valence-electron chi connectivity index (χ2n) is 7.82. The Kier molecular flexibility index (Phi) is 10.9. The molecule has 1 aromatic heterocycles. The third-order valence-corrected chi connectivity index (χ3v) is 4.83. The normalized spacial score (nSPS) is 10.9. The highest BCUT2D eigenvalue weighted by Crippen LogP contribution is 2.12. The quantitative estimate of drug-likeness (QED) is 0.210. The van der Waals surface area contributed by atoms with Gasteiger partial charge in [0, 0.05) is 31.2 Å². The maximum atomic E-state index is 12.2. The molecule has 0 saturated carbocycles. The molecule has 33 heavy (non-hydrogen) atoms. The summed E-state index contributed by atoms with van der Waals surface area (Å²) < 4.78 is 1.59. The number of hydrogen-bond donors (Lipinski definition) is 3. The van der Waals surface area contributed by atoms with Crippen LogP contribution in [0.5, 0.6) is 0 Å². The Labute approximate surface area is 213 Å². The van der Waals surface area contributed by atoms with Crippen molar-refractivity contribution in [3.63, 3.8) is 0 Å². The molecule has 7 nitrogen and oxygen atoms in total. The van der Waals surface area contributed by atoms with E-state index in [-0.39, 0.29) is 36.4 Å². The lowest BCUT2D eigenvalue weighted by molar-refractivity contribution is -0.116. The number of carbonyl (C=O) groups excluding carboxylic acids is 1. The molecule has 3 N–H and O–H groups in total. The second kappa shape index (κ2) is 13.6. The van der Waals surface area contributed by atoms with Gasteiger partial charge in [0.1, 0.15) is 6.54 Å². The first-order valence-electron chi connectivity index (χ1n) is 11.0. The van der Waals surface area contributed by atoms with Crippen LogP contribution < -0.4 is 16.0 Å². The average Bonchev–Trinajstić information content (AvgIpc) is 3.24. The summed E-state index contributed by atoms with van der Waals surface area (Å²) in [6.45, 7) is 8.60. The van der Waals surface area contributed by atoms with Crippen molar-refractivity contribution < 1.29 is 4.79 Å². The number of anilines is 1. The number of hydrogen-bond acceptors (Lipinski definition) is 3. The fourth-order valence-corrected chi connectivity index (χ4v) is 3.54. The maximum absolute atomic E-state index is 12.2. The number of carbonyl (C=O) groups is 1. The molecule has 0 saturated heterocycles. The molecule has 176 valence electrons. The number of benzene rings is 2. The van der Waals surface area contributed by atoms with Crippen molar-refractivity contribution >= 4 is 41.5 Å². The van der Waals surface area contributed by atoms with Crippen molar-refractivity contribution in [2.24, 2.45) is 4.99 Å². The molecule has 0 aliphatic carbocycles. The van der Waals surface area contributed by atoms with Gasteiger partial charge in [0.15, 0.2) is 5.96 Å². The Balaban J connectivity index is 0.00000385. The number of aliphatic imine (C=N–C) groups is 1. The summed E-state index contributed by atoms with van der Waals surface area (Å²) in [6, 6.07) is 16.2. The van der Waals surface area contributed by atoms with Crippen LogP contribution in [0.2, 0.25) is 0 Å². The zero-order valence-corrected chi connectivity index (χ0v) is 21.8. The fraction of sp³-hybridized carbons (Fsp3) is 0.320. The fourth-order valence-electron chi connectivity index (χ4n) is 3.54. The first kappa shape index (κ1) is 26.4. The number of aryl methyl sites for hydroxylation is 2. The third kappa shape index (κ3) is 9.25. The van der Waals surface area contributed by atoms with Gasteiger partial charge in [-0.25, -0.2) is 4.99 Å². The van der Waals surface area contributed by atoms with E-state index in [0.717, 1.165) is 36.7 Å². The van der Waals surface area contributed by atoms with Crippen LogP contribution >= 0.6 is 24.0 Å². The standard InChI is InChI=1S/C25H32N6O.HI/c1-4-26-25(27-11-9-21-14-19(2)13-20(3)15-21)28-17-22-7-5-8-23(16-22)30-24(32)18-31-12-6-10-29-31;/h5-8,10,12-16H,4,9,11,17-18H2,1-3H3,(H,30,32)(H2,26,27,28);1H. The average molecular weight is 560 g/mol. The van der Waals surface area contributed by atoms with Gasteiger partial charge >= 0.3 is 0 Å². The Hall–Kier alpha value is -2.88. The smallest absolute Gasteiger partial charge is 0.246 e. The van der Waals surface area contributed by atoms with Crippen LogP contribution in [-0.4, -0.2) is 34.7 Å². The zero-order chi connectivity index (χ0) is 22.8. The molecule has 0 aliphatic rings. The molecule has 1 heterocycles. The van der Waals surface area contributed by atoms with Crippen molar-refractivity contribution in [1.29, 1.82) is 0 Å². The monoisotopic (exact) mass is 560 g/mol. The van der Waals surface area contributed by atoms with E-state index >= 15 is 0 Å². The predicted octanol–water partition coefficient (Wildman–Crippen LogP) is 4.05. The van der Waals surface area contributed by atoms with Crippen LogP contribution in [0.3, 0.4) is 0 Å². The number of halogens is 1. The van der Waals surface area contributed by atoms with Crippen LogP contribution in [0.1, 0.15) is 29.2 Å². The van der Waals surface area contributed by atoms with Gasteiger partial charge in [0.05, 0.1) is 6.54 Å². The molecule has 0 spiro atoms. The lowest BCUT2D eigenvalue weighted by Crippen LogP contribution is -2.38. The molecule has 0 bridgehead atoms. The molecule has 3 rings (SSSR count). The molecule has 0 unspecified atom stereocenters. The first-order valence-corrected chi connectivity index (χ1v) is 11.0. The van der Waals surface area contributed by atoms with Crippen LogP contribution in [0.15, 0.2) is 65.9 Å². The molecular formula is C25H33IN6O. The summed E-state index contributed by atoms with van der Waals surface area (Å²) in [5, 5.41) is 13.7. The van der Waals surface area contributed by atoms with Crippen molar-refractivity contribution in [3.05, 3.63) is 83.2 Å². The van der Waals surface area contributed by atoms with Crippen molar-refractivity contribution in [1.82, 2.24) is 20.4 Å². The van der Waals surface area contributed by atoms with Gasteiger partial charge in [0.25, 0.3) is 0 Å². The number of nitrogens with one attached hydrogen (secondary N) is 3. The number of nitrogens with zero attached hydrogens (tertiary/aromatic N) is 3. The molecule has 0 fully saturated rings. The minimum Gasteiger partial charge on any atom is -0.357 e. The minimum atomic E-state index is -0.115. The summed E-state index contributed by atoms with van der Waals surface area (Å²) in [7, 11) is 0. The van der Waals surface area contributed by atoms with Gasteiger partial charge in [0.2, 0.25) is 5.91 Å². The molecule has 2 aromatic carbocycles. The maximum Gasteiger partial charge on any atom is 0.246 e. The topological polar surface area (TPSA) is 83.3 Å². The van der Waals surface area contributed by atoms with E-state index in [1.807, 2.05) is 24.3 Å². The van der Waals surface area contributed by atoms with E-state index in [2.05, 4.69) is 60.0 Å². The number of amides is 1. The van der Waals surface area contributed by atoms with E-state index in [1.165, 1.54) is 16.7 Å². The summed E-state index contributed by atoms with van der Waals surface area (Å²) in [5.41, 5.74) is 5.68. The number of guanidine groups is 1. The van der Waals surface area contributed by atoms with E-state index < -0.39 is 0 Å². The van der Waals surface area contributed by atoms with Gasteiger partial charge < -0.3 is 16.0 Å². The van der Waals surface area contributed by atoms with Gasteiger partial charge in [-0.05, 0) is 56.5 Å². The summed E-state index contributed by atoms with van der Waals surface area (Å²) >= 11 is 0. The lowest BCUT2D eigenvalue weighted by Gasteiger charge is -2.12. The van der Waals surface area contributed by atoms with E-state index in [9.17, 15) is 4.79 Å². The van der Waals surface area contributed by atoms with Gasteiger partial charge in [-0.2, -0.15) is 5.10 Å². The van der Waals surface area contributed by atoms with Crippen LogP contribution in [0.4, 0.5) is 5.69 Å². The van der Waals surface area contributed by atoms with E-state index in [4.69, 9.17) is 4.99 Å². The Morgan fingerprint density at radius 3 is 2.52 bits per heavy atom. The van der Waals surface area contributed by atoms with Crippen LogP contribution in [-0.2, 0) is 24.3 Å². The zero-order valence-electron chi connectivity index (χ0n) is 19.5. The van der Waals surface area contributed by atoms with Gasteiger partial charge in [-0.3, -0.25) is 9.48 Å². The van der Waals surface area contributed by atoms with E-state index in [0.29, 0.717) is 6.54 Å². The SMILES string of the molecule is CCNC(=NCc1cccc(NC(=O)Cn2cccn2)c1)NCCc1cc(C)cc(C)c1.I. The Bertz CT molecular complexity index is 1030. The van der Waals surface area contributed by atoms with Crippen molar-refractivity contribution in [2.75, 3.05) is 18.4 Å². The minimum absolute atomic E-state index is 0. The molecule has 0 radical (unpaired) electrons. The highest BCUT2D eigenvalue weighted by atomic mass is 127. The van der Waals surface area contributed by atoms with E-state index in [1.54, 1.807) is 23.1 Å². The Morgan fingerprint density at radius 1 is 1.03 bits per heavy atom. The Morgan fingerprint density at radius 2 is 1.82 bits per heavy atom. The number of rotatable bonds is 9. The first-order chi connectivity index (χ1) is 15.5. The largest absolute Gasteiger partial charge is 0.357 e. The van der Waals surface area contributed by atoms with Crippen LogP contribution in [0.25, 0.3) is 0 Å². The molecule has 1 amide bonds. The van der Waals surface area contributed by atoms with Gasteiger partial charge in [-0.1, -0.05) is 41.5 Å². The molecule has 3 aromatic rings. The molecule has 8 heteroatoms. The van der Waals surface area contributed by atoms with Crippen molar-refractivity contribution in [2.45, 2.75) is 40.3 Å². The summed E-state index contributed by atoms with van der Waals surface area (Å²) in [6.07, 6.45) is 4.36. The second-order valence-corrected chi connectivity index (χ2v) is 7.82. The van der Waals surface area contributed by atoms with Gasteiger partial charge in [-0.15, -0.1) is 24.0 Å². The highest BCUT2D eigenvalue weighted by molar-refractivity contribution is 14.0.